The lowest BCUT2D eigenvalue weighted by Crippen LogP contribution is -2.18. The van der Waals surface area contributed by atoms with E-state index in [2.05, 4.69) is 11.4 Å². The lowest BCUT2D eigenvalue weighted by Gasteiger charge is -2.15. The first-order valence-corrected chi connectivity index (χ1v) is 8.33. The highest BCUT2D eigenvalue weighted by atomic mass is 16.5. The van der Waals surface area contributed by atoms with Crippen molar-refractivity contribution in [3.8, 4) is 5.75 Å². The number of methoxy groups -OCH3 is 1. The molecule has 0 saturated heterocycles. The van der Waals surface area contributed by atoms with Crippen molar-refractivity contribution in [3.63, 3.8) is 0 Å². The number of nitrogens with one attached hydrogen (secondary N) is 1. The Morgan fingerprint density at radius 3 is 2.83 bits per heavy atom. The highest BCUT2D eigenvalue weighted by Crippen LogP contribution is 2.26. The number of hydrogen-bond acceptors (Lipinski definition) is 4. The van der Waals surface area contributed by atoms with E-state index in [4.69, 9.17) is 9.15 Å². The molecule has 1 heterocycles. The summed E-state index contributed by atoms with van der Waals surface area (Å²) in [5.41, 5.74) is 2.42. The third-order valence-electron chi connectivity index (χ3n) is 4.58. The van der Waals surface area contributed by atoms with Gasteiger partial charge in [0.1, 0.15) is 22.8 Å². The molecule has 5 heteroatoms. The fraction of sp³-hybridized carbons (Fsp3) is 0.421. The number of carboxylic acid groups (broad SMARTS) is 1. The van der Waals surface area contributed by atoms with Crippen LogP contribution < -0.4 is 10.1 Å². The van der Waals surface area contributed by atoms with Gasteiger partial charge in [0.25, 0.3) is 0 Å². The molecule has 0 radical (unpaired) electrons. The summed E-state index contributed by atoms with van der Waals surface area (Å²) >= 11 is 0. The molecule has 5 nitrogen and oxygen atoms in total. The molecule has 24 heavy (non-hydrogen) atoms. The van der Waals surface area contributed by atoms with Crippen LogP contribution in [0.25, 0.3) is 0 Å². The van der Waals surface area contributed by atoms with Gasteiger partial charge in [0.05, 0.1) is 13.7 Å². The second-order valence-corrected chi connectivity index (χ2v) is 6.24. The minimum Gasteiger partial charge on any atom is -0.496 e. The first kappa shape index (κ1) is 16.6. The Kier molecular flexibility index (Phi) is 4.90. The summed E-state index contributed by atoms with van der Waals surface area (Å²) < 4.78 is 11.0. The fourth-order valence-electron chi connectivity index (χ4n) is 3.17. The van der Waals surface area contributed by atoms with Crippen molar-refractivity contribution >= 4 is 5.97 Å². The highest BCUT2D eigenvalue weighted by Gasteiger charge is 2.17. The predicted molar refractivity (Wildman–Crippen MR) is 90.6 cm³/mol. The molecule has 0 saturated carbocycles. The summed E-state index contributed by atoms with van der Waals surface area (Å²) in [7, 11) is 1.47. The smallest absolute Gasteiger partial charge is 0.339 e. The van der Waals surface area contributed by atoms with Gasteiger partial charge in [-0.15, -0.1) is 0 Å². The molecule has 2 N–H and O–H groups in total. The molecule has 0 bridgehead atoms. The fourth-order valence-corrected chi connectivity index (χ4v) is 3.17. The monoisotopic (exact) mass is 329 g/mol. The van der Waals surface area contributed by atoms with E-state index in [1.807, 2.05) is 13.0 Å². The normalized spacial score (nSPS) is 14.9. The van der Waals surface area contributed by atoms with E-state index < -0.39 is 5.97 Å². The molecule has 128 valence electrons. The zero-order valence-corrected chi connectivity index (χ0v) is 14.1. The molecule has 3 rings (SSSR count). The Hall–Kier alpha value is -2.27. The topological polar surface area (TPSA) is 71.7 Å². The van der Waals surface area contributed by atoms with Crippen LogP contribution in [0.2, 0.25) is 0 Å². The van der Waals surface area contributed by atoms with Gasteiger partial charge >= 0.3 is 5.97 Å². The van der Waals surface area contributed by atoms with Crippen LogP contribution in [0.5, 0.6) is 5.75 Å². The van der Waals surface area contributed by atoms with Crippen LogP contribution in [-0.2, 0) is 19.4 Å². The van der Waals surface area contributed by atoms with Gasteiger partial charge in [0, 0.05) is 12.5 Å². The molecule has 0 amide bonds. The molecule has 0 fully saturated rings. The summed E-state index contributed by atoms with van der Waals surface area (Å²) in [6, 6.07) is 7.39. The van der Waals surface area contributed by atoms with Crippen LogP contribution in [0.15, 0.2) is 28.7 Å². The van der Waals surface area contributed by atoms with E-state index in [1.165, 1.54) is 25.5 Å². The molecule has 0 unspecified atom stereocenters. The first-order valence-electron chi connectivity index (χ1n) is 8.33. The molecule has 1 aliphatic carbocycles. The standard InChI is InChI=1S/C19H23NO4/c1-12(13-7-8-18(23-2)16(10-13)19(21)22)20-11-15-9-14-5-3-4-6-17(14)24-15/h7-10,12,20H,3-6,11H2,1-2H3,(H,21,22)/t12-/m0/s1. The molecule has 1 aromatic heterocycles. The lowest BCUT2D eigenvalue weighted by molar-refractivity contribution is 0.0693. The van der Waals surface area contributed by atoms with E-state index in [1.54, 1.807) is 12.1 Å². The number of aromatic carboxylic acids is 1. The van der Waals surface area contributed by atoms with Crippen molar-refractivity contribution < 1.29 is 19.1 Å². The number of carbonyl (C=O) groups is 1. The minimum atomic E-state index is -0.986. The highest BCUT2D eigenvalue weighted by molar-refractivity contribution is 5.91. The number of ether oxygens (including phenoxy) is 1. The third-order valence-corrected chi connectivity index (χ3v) is 4.58. The van der Waals surface area contributed by atoms with Gasteiger partial charge in [-0.25, -0.2) is 4.79 Å². The maximum absolute atomic E-state index is 11.3. The van der Waals surface area contributed by atoms with Crippen molar-refractivity contribution in [2.24, 2.45) is 0 Å². The zero-order valence-electron chi connectivity index (χ0n) is 14.1. The number of fused-ring (bicyclic) bond motifs is 1. The minimum absolute atomic E-state index is 0.0103. The summed E-state index contributed by atoms with van der Waals surface area (Å²) in [5.74, 6) is 1.46. The van der Waals surface area contributed by atoms with Crippen molar-refractivity contribution in [1.82, 2.24) is 5.32 Å². The Balaban J connectivity index is 1.68. The number of aryl methyl sites for hydroxylation is 2. The van der Waals surface area contributed by atoms with Crippen molar-refractivity contribution in [2.75, 3.05) is 7.11 Å². The molecular formula is C19H23NO4. The number of carboxylic acids is 1. The largest absolute Gasteiger partial charge is 0.496 e. The predicted octanol–water partition coefficient (Wildman–Crippen LogP) is 3.72. The van der Waals surface area contributed by atoms with E-state index in [-0.39, 0.29) is 11.6 Å². The van der Waals surface area contributed by atoms with Gasteiger partial charge in [-0.05, 0) is 55.5 Å². The van der Waals surface area contributed by atoms with Crippen LogP contribution in [-0.4, -0.2) is 18.2 Å². The quantitative estimate of drug-likeness (QED) is 0.845. The second-order valence-electron chi connectivity index (χ2n) is 6.24. The molecule has 0 aliphatic heterocycles. The van der Waals surface area contributed by atoms with Gasteiger partial charge in [-0.2, -0.15) is 0 Å². The van der Waals surface area contributed by atoms with Gasteiger partial charge in [0.2, 0.25) is 0 Å². The van der Waals surface area contributed by atoms with Crippen LogP contribution >= 0.6 is 0 Å². The number of rotatable bonds is 6. The first-order chi connectivity index (χ1) is 11.6. The van der Waals surface area contributed by atoms with E-state index >= 15 is 0 Å². The number of hydrogen-bond donors (Lipinski definition) is 2. The Morgan fingerprint density at radius 1 is 1.33 bits per heavy atom. The van der Waals surface area contributed by atoms with E-state index in [0.29, 0.717) is 12.3 Å². The molecule has 1 aromatic carbocycles. The number of furan rings is 1. The average Bonchev–Trinajstić information content (AvgIpc) is 3.02. The van der Waals surface area contributed by atoms with Gasteiger partial charge < -0.3 is 19.6 Å². The lowest BCUT2D eigenvalue weighted by atomic mass is 9.99. The molecule has 1 atom stereocenters. The Bertz CT molecular complexity index is 711. The zero-order chi connectivity index (χ0) is 17.1. The van der Waals surface area contributed by atoms with Gasteiger partial charge in [-0.3, -0.25) is 0 Å². The maximum Gasteiger partial charge on any atom is 0.339 e. The maximum atomic E-state index is 11.3. The summed E-state index contributed by atoms with van der Waals surface area (Å²) in [4.78, 5) is 11.3. The second kappa shape index (κ2) is 7.09. The Morgan fingerprint density at radius 2 is 2.12 bits per heavy atom. The summed E-state index contributed by atoms with van der Waals surface area (Å²) in [5, 5.41) is 12.7. The molecule has 1 aliphatic rings. The van der Waals surface area contributed by atoms with Crippen LogP contribution in [0.4, 0.5) is 0 Å². The molecular weight excluding hydrogens is 306 g/mol. The summed E-state index contributed by atoms with van der Waals surface area (Å²) in [6.45, 7) is 2.64. The van der Waals surface area contributed by atoms with Crippen molar-refractivity contribution in [2.45, 2.75) is 45.2 Å². The van der Waals surface area contributed by atoms with Crippen molar-refractivity contribution in [3.05, 3.63) is 52.5 Å². The summed E-state index contributed by atoms with van der Waals surface area (Å²) in [6.07, 6.45) is 4.58. The Labute approximate surface area is 141 Å². The SMILES string of the molecule is COc1ccc([C@H](C)NCc2cc3c(o2)CCCC3)cc1C(=O)O. The average molecular weight is 329 g/mol. The van der Waals surface area contributed by atoms with Crippen LogP contribution in [0.1, 0.15) is 58.8 Å². The van der Waals surface area contributed by atoms with Crippen LogP contribution in [0, 0.1) is 0 Å². The molecule has 0 spiro atoms. The van der Waals surface area contributed by atoms with E-state index in [9.17, 15) is 9.90 Å². The van der Waals surface area contributed by atoms with Crippen molar-refractivity contribution in [1.29, 1.82) is 0 Å². The number of benzene rings is 1. The molecule has 2 aromatic rings. The third kappa shape index (κ3) is 3.46. The van der Waals surface area contributed by atoms with E-state index in [0.717, 1.165) is 29.9 Å². The van der Waals surface area contributed by atoms with Gasteiger partial charge in [0.15, 0.2) is 0 Å². The van der Waals surface area contributed by atoms with Gasteiger partial charge in [-0.1, -0.05) is 6.07 Å². The van der Waals surface area contributed by atoms with Crippen LogP contribution in [0.3, 0.4) is 0 Å².